The highest BCUT2D eigenvalue weighted by molar-refractivity contribution is 5.96. The first-order valence-electron chi connectivity index (χ1n) is 6.40. The van der Waals surface area contributed by atoms with Crippen LogP contribution in [0.15, 0.2) is 6.20 Å². The van der Waals surface area contributed by atoms with E-state index in [0.717, 1.165) is 32.2 Å². The van der Waals surface area contributed by atoms with Crippen molar-refractivity contribution in [3.63, 3.8) is 0 Å². The number of aromatic nitrogens is 3. The van der Waals surface area contributed by atoms with E-state index in [1.54, 1.807) is 10.9 Å². The predicted octanol–water partition coefficient (Wildman–Crippen LogP) is 1.25. The van der Waals surface area contributed by atoms with Crippen molar-refractivity contribution in [1.82, 2.24) is 15.0 Å². The van der Waals surface area contributed by atoms with Crippen LogP contribution >= 0.6 is 0 Å². The molecule has 2 N–H and O–H groups in total. The third-order valence-corrected chi connectivity index (χ3v) is 3.60. The highest BCUT2D eigenvalue weighted by Gasteiger charge is 2.34. The van der Waals surface area contributed by atoms with Crippen LogP contribution in [-0.4, -0.2) is 27.3 Å². The van der Waals surface area contributed by atoms with E-state index in [-0.39, 0.29) is 11.7 Å². The van der Waals surface area contributed by atoms with Gasteiger partial charge in [-0.2, -0.15) is 0 Å². The smallest absolute Gasteiger partial charge is 0.185 e. The van der Waals surface area contributed by atoms with Crippen molar-refractivity contribution in [2.24, 2.45) is 17.6 Å². The maximum Gasteiger partial charge on any atom is 0.185 e. The SMILES string of the molecule is CCCn1nncc1C(=O)C1CCCC1CN. The molecule has 0 saturated heterocycles. The number of rotatable bonds is 5. The van der Waals surface area contributed by atoms with Crippen LogP contribution in [0.5, 0.6) is 0 Å². The Kier molecular flexibility index (Phi) is 3.89. The molecule has 17 heavy (non-hydrogen) atoms. The van der Waals surface area contributed by atoms with Crippen molar-refractivity contribution in [3.8, 4) is 0 Å². The molecule has 1 saturated carbocycles. The van der Waals surface area contributed by atoms with Gasteiger partial charge >= 0.3 is 0 Å². The van der Waals surface area contributed by atoms with E-state index in [1.807, 2.05) is 0 Å². The van der Waals surface area contributed by atoms with Crippen LogP contribution in [0.3, 0.4) is 0 Å². The van der Waals surface area contributed by atoms with Gasteiger partial charge in [0.25, 0.3) is 0 Å². The fraction of sp³-hybridized carbons (Fsp3) is 0.750. The van der Waals surface area contributed by atoms with Crippen LogP contribution in [0.25, 0.3) is 0 Å². The summed E-state index contributed by atoms with van der Waals surface area (Å²) >= 11 is 0. The topological polar surface area (TPSA) is 73.8 Å². The summed E-state index contributed by atoms with van der Waals surface area (Å²) < 4.78 is 1.72. The Hall–Kier alpha value is -1.23. The molecule has 0 spiro atoms. The van der Waals surface area contributed by atoms with E-state index >= 15 is 0 Å². The second-order valence-electron chi connectivity index (χ2n) is 4.74. The summed E-state index contributed by atoms with van der Waals surface area (Å²) in [6.45, 7) is 3.42. The van der Waals surface area contributed by atoms with Gasteiger partial charge in [0.05, 0.1) is 6.20 Å². The maximum atomic E-state index is 12.4. The van der Waals surface area contributed by atoms with Gasteiger partial charge in [0.2, 0.25) is 0 Å². The molecule has 2 atom stereocenters. The van der Waals surface area contributed by atoms with Crippen molar-refractivity contribution in [2.45, 2.75) is 39.2 Å². The summed E-state index contributed by atoms with van der Waals surface area (Å²) in [4.78, 5) is 12.4. The molecule has 0 bridgehead atoms. The van der Waals surface area contributed by atoms with Gasteiger partial charge in [0.1, 0.15) is 5.69 Å². The molecule has 5 nitrogen and oxygen atoms in total. The monoisotopic (exact) mass is 236 g/mol. The molecule has 1 fully saturated rings. The van der Waals surface area contributed by atoms with Crippen molar-refractivity contribution in [1.29, 1.82) is 0 Å². The molecule has 0 aliphatic heterocycles. The molecule has 5 heteroatoms. The largest absolute Gasteiger partial charge is 0.330 e. The average molecular weight is 236 g/mol. The second kappa shape index (κ2) is 5.40. The molecule has 0 amide bonds. The fourth-order valence-electron chi connectivity index (χ4n) is 2.68. The predicted molar refractivity (Wildman–Crippen MR) is 64.5 cm³/mol. The third-order valence-electron chi connectivity index (χ3n) is 3.60. The molecular formula is C12H20N4O. The van der Waals surface area contributed by atoms with Crippen LogP contribution in [0.2, 0.25) is 0 Å². The summed E-state index contributed by atoms with van der Waals surface area (Å²) in [6, 6.07) is 0. The number of nitrogens with two attached hydrogens (primary N) is 1. The lowest BCUT2D eigenvalue weighted by atomic mass is 9.90. The Morgan fingerprint density at radius 1 is 1.59 bits per heavy atom. The van der Waals surface area contributed by atoms with Crippen molar-refractivity contribution in [2.75, 3.05) is 6.54 Å². The number of carbonyl (C=O) groups is 1. The molecular weight excluding hydrogens is 216 g/mol. The van der Waals surface area contributed by atoms with Gasteiger partial charge in [-0.1, -0.05) is 18.6 Å². The summed E-state index contributed by atoms with van der Waals surface area (Å²) in [5.74, 6) is 0.595. The normalized spacial score (nSPS) is 24.1. The van der Waals surface area contributed by atoms with Gasteiger partial charge in [-0.15, -0.1) is 5.10 Å². The Morgan fingerprint density at radius 3 is 3.12 bits per heavy atom. The first kappa shape index (κ1) is 12.2. The number of hydrogen-bond acceptors (Lipinski definition) is 4. The first-order chi connectivity index (χ1) is 8.27. The molecule has 1 heterocycles. The summed E-state index contributed by atoms with van der Waals surface area (Å²) in [5, 5.41) is 7.81. The zero-order chi connectivity index (χ0) is 12.3. The zero-order valence-corrected chi connectivity index (χ0v) is 10.3. The Balaban J connectivity index is 2.15. The number of aryl methyl sites for hydroxylation is 1. The molecule has 1 aromatic rings. The number of ketones is 1. The van der Waals surface area contributed by atoms with Crippen LogP contribution in [-0.2, 0) is 6.54 Å². The number of hydrogen-bond donors (Lipinski definition) is 1. The molecule has 1 aliphatic carbocycles. The molecule has 0 aromatic carbocycles. The minimum Gasteiger partial charge on any atom is -0.330 e. The van der Waals surface area contributed by atoms with Gasteiger partial charge in [-0.25, -0.2) is 4.68 Å². The van der Waals surface area contributed by atoms with Gasteiger partial charge in [-0.05, 0) is 31.7 Å². The minimum atomic E-state index is 0.0779. The van der Waals surface area contributed by atoms with Crippen LogP contribution in [0.1, 0.15) is 43.1 Å². The van der Waals surface area contributed by atoms with Gasteiger partial charge < -0.3 is 5.73 Å². The van der Waals surface area contributed by atoms with Gasteiger partial charge in [0, 0.05) is 12.5 Å². The zero-order valence-electron chi connectivity index (χ0n) is 10.3. The van der Waals surface area contributed by atoms with Gasteiger partial charge in [-0.3, -0.25) is 4.79 Å². The number of nitrogens with zero attached hydrogens (tertiary/aromatic N) is 3. The van der Waals surface area contributed by atoms with Crippen molar-refractivity contribution in [3.05, 3.63) is 11.9 Å². The highest BCUT2D eigenvalue weighted by Crippen LogP contribution is 2.33. The lowest BCUT2D eigenvalue weighted by molar-refractivity contribution is 0.0882. The quantitative estimate of drug-likeness (QED) is 0.781. The third kappa shape index (κ3) is 2.39. The van der Waals surface area contributed by atoms with E-state index < -0.39 is 0 Å². The number of carbonyl (C=O) groups excluding carboxylic acids is 1. The van der Waals surface area contributed by atoms with Gasteiger partial charge in [0.15, 0.2) is 5.78 Å². The molecule has 1 aliphatic rings. The van der Waals surface area contributed by atoms with Crippen LogP contribution in [0, 0.1) is 11.8 Å². The van der Waals surface area contributed by atoms with E-state index in [4.69, 9.17) is 5.73 Å². The summed E-state index contributed by atoms with van der Waals surface area (Å²) in [7, 11) is 0. The lowest BCUT2D eigenvalue weighted by Crippen LogP contribution is -2.27. The van der Waals surface area contributed by atoms with Crippen molar-refractivity contribution >= 4 is 5.78 Å². The molecule has 2 unspecified atom stereocenters. The van der Waals surface area contributed by atoms with Crippen LogP contribution < -0.4 is 5.73 Å². The fourth-order valence-corrected chi connectivity index (χ4v) is 2.68. The van der Waals surface area contributed by atoms with E-state index in [0.29, 0.717) is 18.2 Å². The standard InChI is InChI=1S/C12H20N4O/c1-2-6-16-11(8-14-15-16)12(17)10-5-3-4-9(10)7-13/h8-10H,2-7,13H2,1H3. The Morgan fingerprint density at radius 2 is 2.41 bits per heavy atom. The average Bonchev–Trinajstić information content (AvgIpc) is 2.96. The van der Waals surface area contributed by atoms with E-state index in [1.165, 1.54) is 0 Å². The summed E-state index contributed by atoms with van der Waals surface area (Å²) in [5.41, 5.74) is 6.37. The molecule has 94 valence electrons. The lowest BCUT2D eigenvalue weighted by Gasteiger charge is -2.16. The second-order valence-corrected chi connectivity index (χ2v) is 4.74. The van der Waals surface area contributed by atoms with E-state index in [2.05, 4.69) is 17.2 Å². The Bertz CT molecular complexity index is 388. The van der Waals surface area contributed by atoms with Crippen molar-refractivity contribution < 1.29 is 4.79 Å². The maximum absolute atomic E-state index is 12.4. The summed E-state index contributed by atoms with van der Waals surface area (Å²) in [6.07, 6.45) is 5.67. The first-order valence-corrected chi connectivity index (χ1v) is 6.40. The van der Waals surface area contributed by atoms with E-state index in [9.17, 15) is 4.79 Å². The Labute approximate surface area is 101 Å². The highest BCUT2D eigenvalue weighted by atomic mass is 16.1. The minimum absolute atomic E-state index is 0.0779. The molecule has 0 radical (unpaired) electrons. The molecule has 2 rings (SSSR count). The van der Waals surface area contributed by atoms with Crippen LogP contribution in [0.4, 0.5) is 0 Å². The number of Topliss-reactive ketones (excluding diaryl/α,β-unsaturated/α-hetero) is 1. The molecule has 1 aromatic heterocycles.